The van der Waals surface area contributed by atoms with Gasteiger partial charge in [-0.05, 0) is 29.5 Å². The van der Waals surface area contributed by atoms with Gasteiger partial charge in [-0.25, -0.2) is 0 Å². The number of benzene rings is 1. The summed E-state index contributed by atoms with van der Waals surface area (Å²) in [6.45, 7) is 8.81. The zero-order valence-corrected chi connectivity index (χ0v) is 12.3. The van der Waals surface area contributed by atoms with Crippen molar-refractivity contribution in [2.45, 2.75) is 27.7 Å². The smallest absolute Gasteiger partial charge is 0.125 e. The highest BCUT2D eigenvalue weighted by atomic mass is 16.5. The molecule has 0 spiro atoms. The first-order chi connectivity index (χ1) is 8.51. The molecule has 0 aromatic heterocycles. The van der Waals surface area contributed by atoms with Crippen molar-refractivity contribution in [1.29, 1.82) is 0 Å². The van der Waals surface area contributed by atoms with Gasteiger partial charge in [-0.2, -0.15) is 0 Å². The van der Waals surface area contributed by atoms with Crippen LogP contribution in [-0.4, -0.2) is 14.2 Å². The lowest BCUT2D eigenvalue weighted by molar-refractivity contribution is 0.357. The average molecular weight is 248 g/mol. The predicted molar refractivity (Wildman–Crippen MR) is 76.6 cm³/mol. The van der Waals surface area contributed by atoms with E-state index in [0.29, 0.717) is 11.8 Å². The maximum Gasteiger partial charge on any atom is 0.125 e. The number of ether oxygens (including phenoxy) is 2. The fourth-order valence-corrected chi connectivity index (χ4v) is 2.36. The summed E-state index contributed by atoms with van der Waals surface area (Å²) < 4.78 is 10.9. The molecule has 2 heteroatoms. The molecule has 0 aliphatic heterocycles. The molecule has 0 heterocycles. The number of hydrogen-bond donors (Lipinski definition) is 0. The van der Waals surface area contributed by atoms with E-state index in [2.05, 4.69) is 33.8 Å². The summed E-state index contributed by atoms with van der Waals surface area (Å²) in [4.78, 5) is 0. The molecule has 0 radical (unpaired) electrons. The molecular weight excluding hydrogens is 224 g/mol. The highest BCUT2D eigenvalue weighted by Gasteiger charge is 2.17. The van der Waals surface area contributed by atoms with Crippen molar-refractivity contribution in [3.63, 3.8) is 0 Å². The van der Waals surface area contributed by atoms with Gasteiger partial charge in [0.15, 0.2) is 0 Å². The molecule has 100 valence electrons. The quantitative estimate of drug-likeness (QED) is 0.721. The molecule has 1 aromatic carbocycles. The molecule has 0 unspecified atom stereocenters. The molecule has 0 amide bonds. The Kier molecular flexibility index (Phi) is 5.26. The summed E-state index contributed by atoms with van der Waals surface area (Å²) in [5.41, 5.74) is 2.42. The van der Waals surface area contributed by atoms with Gasteiger partial charge < -0.3 is 9.47 Å². The second-order valence-corrected chi connectivity index (χ2v) is 5.03. The Balaban J connectivity index is 3.33. The van der Waals surface area contributed by atoms with E-state index in [0.717, 1.165) is 17.1 Å². The number of methoxy groups -OCH3 is 2. The van der Waals surface area contributed by atoms with Crippen LogP contribution < -0.4 is 4.74 Å². The van der Waals surface area contributed by atoms with E-state index < -0.39 is 0 Å². The van der Waals surface area contributed by atoms with Gasteiger partial charge in [-0.3, -0.25) is 0 Å². The third-order valence-corrected chi connectivity index (χ3v) is 3.04. The number of hydrogen-bond acceptors (Lipinski definition) is 2. The highest BCUT2D eigenvalue weighted by molar-refractivity contribution is 5.65. The van der Waals surface area contributed by atoms with Crippen LogP contribution in [0.1, 0.15) is 33.3 Å². The molecule has 0 atom stereocenters. The van der Waals surface area contributed by atoms with E-state index in [1.54, 1.807) is 14.2 Å². The second kappa shape index (κ2) is 6.48. The average Bonchev–Trinajstić information content (AvgIpc) is 2.34. The van der Waals surface area contributed by atoms with Crippen LogP contribution in [0, 0.1) is 11.8 Å². The lowest BCUT2D eigenvalue weighted by Gasteiger charge is -2.21. The minimum atomic E-state index is 0.464. The molecule has 0 saturated carbocycles. The van der Waals surface area contributed by atoms with Gasteiger partial charge in [-0.1, -0.05) is 39.8 Å². The van der Waals surface area contributed by atoms with Crippen LogP contribution in [0.15, 0.2) is 29.8 Å². The summed E-state index contributed by atoms with van der Waals surface area (Å²) >= 11 is 0. The van der Waals surface area contributed by atoms with Gasteiger partial charge in [-0.15, -0.1) is 0 Å². The molecule has 0 fully saturated rings. The fraction of sp³-hybridized carbons (Fsp3) is 0.500. The maximum absolute atomic E-state index is 5.64. The van der Waals surface area contributed by atoms with Crippen molar-refractivity contribution in [2.24, 2.45) is 11.8 Å². The number of allylic oxidation sites excluding steroid dienone is 1. The van der Waals surface area contributed by atoms with Gasteiger partial charge in [0.1, 0.15) is 11.5 Å². The van der Waals surface area contributed by atoms with E-state index in [4.69, 9.17) is 9.47 Å². The van der Waals surface area contributed by atoms with Crippen LogP contribution in [0.2, 0.25) is 0 Å². The molecular formula is C16H24O2. The molecule has 2 nitrogen and oxygen atoms in total. The molecule has 1 aromatic rings. The van der Waals surface area contributed by atoms with Gasteiger partial charge >= 0.3 is 0 Å². The SMILES string of the molecule is COC(=C(C(C)C)C(C)C)c1cccc(OC)c1. The first kappa shape index (κ1) is 14.6. The zero-order chi connectivity index (χ0) is 13.7. The first-order valence-corrected chi connectivity index (χ1v) is 6.43. The lowest BCUT2D eigenvalue weighted by atomic mass is 9.89. The van der Waals surface area contributed by atoms with Crippen LogP contribution in [-0.2, 0) is 4.74 Å². The van der Waals surface area contributed by atoms with Gasteiger partial charge in [0.05, 0.1) is 14.2 Å². The third-order valence-electron chi connectivity index (χ3n) is 3.04. The van der Waals surface area contributed by atoms with Gasteiger partial charge in [0.25, 0.3) is 0 Å². The normalized spacial score (nSPS) is 10.7. The van der Waals surface area contributed by atoms with Crippen molar-refractivity contribution >= 4 is 5.76 Å². The largest absolute Gasteiger partial charge is 0.497 e. The molecule has 1 rings (SSSR count). The second-order valence-electron chi connectivity index (χ2n) is 5.03. The van der Waals surface area contributed by atoms with Crippen molar-refractivity contribution < 1.29 is 9.47 Å². The van der Waals surface area contributed by atoms with E-state index in [1.165, 1.54) is 5.57 Å². The Labute approximate surface area is 111 Å². The summed E-state index contributed by atoms with van der Waals surface area (Å²) in [7, 11) is 3.42. The number of rotatable bonds is 5. The topological polar surface area (TPSA) is 18.5 Å². The zero-order valence-electron chi connectivity index (χ0n) is 12.3. The lowest BCUT2D eigenvalue weighted by Crippen LogP contribution is -2.07. The molecule has 0 aliphatic rings. The Hall–Kier alpha value is -1.44. The monoisotopic (exact) mass is 248 g/mol. The van der Waals surface area contributed by atoms with Gasteiger partial charge in [0, 0.05) is 5.56 Å². The molecule has 0 N–H and O–H groups in total. The fourth-order valence-electron chi connectivity index (χ4n) is 2.36. The van der Waals surface area contributed by atoms with Crippen molar-refractivity contribution in [3.05, 3.63) is 35.4 Å². The third kappa shape index (κ3) is 3.28. The van der Waals surface area contributed by atoms with E-state index >= 15 is 0 Å². The first-order valence-electron chi connectivity index (χ1n) is 6.43. The Morgan fingerprint density at radius 2 is 1.61 bits per heavy atom. The van der Waals surface area contributed by atoms with Crippen LogP contribution in [0.25, 0.3) is 5.76 Å². The summed E-state index contributed by atoms with van der Waals surface area (Å²) in [5.74, 6) is 2.75. The minimum absolute atomic E-state index is 0.464. The van der Waals surface area contributed by atoms with Crippen molar-refractivity contribution in [3.8, 4) is 5.75 Å². The molecule has 0 saturated heterocycles. The van der Waals surface area contributed by atoms with Crippen LogP contribution in [0.3, 0.4) is 0 Å². The standard InChI is InChI=1S/C16H24O2/c1-11(2)15(12(3)4)16(18-6)13-8-7-9-14(10-13)17-5/h7-12H,1-6H3. The molecule has 0 aliphatic carbocycles. The van der Waals surface area contributed by atoms with Crippen LogP contribution in [0.4, 0.5) is 0 Å². The molecule has 18 heavy (non-hydrogen) atoms. The van der Waals surface area contributed by atoms with Crippen LogP contribution >= 0.6 is 0 Å². The van der Waals surface area contributed by atoms with Crippen LogP contribution in [0.5, 0.6) is 5.75 Å². The Morgan fingerprint density at radius 3 is 2.06 bits per heavy atom. The Bertz CT molecular complexity index is 407. The molecule has 0 bridgehead atoms. The van der Waals surface area contributed by atoms with E-state index in [-0.39, 0.29) is 0 Å². The van der Waals surface area contributed by atoms with Gasteiger partial charge in [0.2, 0.25) is 0 Å². The highest BCUT2D eigenvalue weighted by Crippen LogP contribution is 2.31. The predicted octanol–water partition coefficient (Wildman–Crippen LogP) is 4.36. The van der Waals surface area contributed by atoms with E-state index in [1.807, 2.05) is 18.2 Å². The van der Waals surface area contributed by atoms with E-state index in [9.17, 15) is 0 Å². The summed E-state index contributed by atoms with van der Waals surface area (Å²) in [6.07, 6.45) is 0. The minimum Gasteiger partial charge on any atom is -0.497 e. The Morgan fingerprint density at radius 1 is 1.00 bits per heavy atom. The maximum atomic E-state index is 5.64. The van der Waals surface area contributed by atoms with Crippen molar-refractivity contribution in [2.75, 3.05) is 14.2 Å². The van der Waals surface area contributed by atoms with Crippen molar-refractivity contribution in [1.82, 2.24) is 0 Å². The summed E-state index contributed by atoms with van der Waals surface area (Å²) in [5, 5.41) is 0. The summed E-state index contributed by atoms with van der Waals surface area (Å²) in [6, 6.07) is 8.02.